The molecule has 0 heterocycles. The van der Waals surface area contributed by atoms with E-state index in [0.29, 0.717) is 0 Å². The molecule has 0 aliphatic heterocycles. The van der Waals surface area contributed by atoms with Crippen LogP contribution < -0.4 is 4.74 Å². The predicted octanol–water partition coefficient (Wildman–Crippen LogP) is 3.30. The van der Waals surface area contributed by atoms with Crippen LogP contribution >= 0.6 is 0 Å². The standard InChI is InChI=1S/C12H8N2O5/c15-13(16)9-3-1-5-11(7-9)19-12-6-2-4-10(8-12)14(17)18/h1-8H. The molecule has 0 unspecified atom stereocenters. The van der Waals surface area contributed by atoms with Crippen molar-refractivity contribution in [2.75, 3.05) is 0 Å². The van der Waals surface area contributed by atoms with Gasteiger partial charge in [0.2, 0.25) is 0 Å². The second kappa shape index (κ2) is 5.13. The zero-order chi connectivity index (χ0) is 13.8. The van der Waals surface area contributed by atoms with Crippen molar-refractivity contribution in [2.24, 2.45) is 0 Å². The van der Waals surface area contributed by atoms with Gasteiger partial charge in [0.15, 0.2) is 0 Å². The van der Waals surface area contributed by atoms with Crippen LogP contribution in [0.1, 0.15) is 0 Å². The van der Waals surface area contributed by atoms with E-state index in [0.717, 1.165) is 0 Å². The van der Waals surface area contributed by atoms with E-state index in [-0.39, 0.29) is 22.9 Å². The molecule has 0 radical (unpaired) electrons. The van der Waals surface area contributed by atoms with Gasteiger partial charge in [-0.15, -0.1) is 0 Å². The smallest absolute Gasteiger partial charge is 0.273 e. The maximum atomic E-state index is 10.6. The van der Waals surface area contributed by atoms with Crippen molar-refractivity contribution < 1.29 is 14.6 Å². The number of nitro benzene ring substituents is 2. The fourth-order valence-electron chi connectivity index (χ4n) is 1.46. The third kappa shape index (κ3) is 3.03. The molecule has 2 aromatic rings. The molecule has 0 atom stereocenters. The highest BCUT2D eigenvalue weighted by Gasteiger charge is 2.09. The summed E-state index contributed by atoms with van der Waals surface area (Å²) in [5, 5.41) is 21.2. The Bertz CT molecular complexity index is 586. The summed E-state index contributed by atoms with van der Waals surface area (Å²) in [5.74, 6) is 0.490. The summed E-state index contributed by atoms with van der Waals surface area (Å²) in [6.07, 6.45) is 0. The van der Waals surface area contributed by atoms with Crippen LogP contribution in [0.15, 0.2) is 48.5 Å². The van der Waals surface area contributed by atoms with Crippen molar-refractivity contribution in [3.05, 3.63) is 68.8 Å². The Balaban J connectivity index is 2.26. The average Bonchev–Trinajstić information content (AvgIpc) is 2.39. The molecule has 0 aliphatic rings. The maximum absolute atomic E-state index is 10.6. The number of ether oxygens (including phenoxy) is 1. The van der Waals surface area contributed by atoms with E-state index in [1.54, 1.807) is 0 Å². The highest BCUT2D eigenvalue weighted by Crippen LogP contribution is 2.27. The molecule has 0 bridgehead atoms. The van der Waals surface area contributed by atoms with E-state index in [2.05, 4.69) is 0 Å². The van der Waals surface area contributed by atoms with Gasteiger partial charge < -0.3 is 4.74 Å². The van der Waals surface area contributed by atoms with Gasteiger partial charge in [0, 0.05) is 12.1 Å². The number of nitrogens with zero attached hydrogens (tertiary/aromatic N) is 2. The van der Waals surface area contributed by atoms with E-state index < -0.39 is 9.85 Å². The molecule has 0 saturated carbocycles. The number of rotatable bonds is 4. The summed E-state index contributed by atoms with van der Waals surface area (Å²) in [4.78, 5) is 20.1. The van der Waals surface area contributed by atoms with Crippen molar-refractivity contribution in [3.8, 4) is 11.5 Å². The Labute approximate surface area is 107 Å². The molecular formula is C12H8N2O5. The van der Waals surface area contributed by atoms with Gasteiger partial charge in [-0.2, -0.15) is 0 Å². The minimum absolute atomic E-state index is 0.108. The summed E-state index contributed by atoms with van der Waals surface area (Å²) < 4.78 is 5.35. The molecule has 0 spiro atoms. The summed E-state index contributed by atoms with van der Waals surface area (Å²) in [6, 6.07) is 11.2. The topological polar surface area (TPSA) is 95.5 Å². The normalized spacial score (nSPS) is 9.89. The van der Waals surface area contributed by atoms with E-state index in [1.165, 1.54) is 48.5 Å². The lowest BCUT2D eigenvalue weighted by atomic mass is 10.3. The zero-order valence-corrected chi connectivity index (χ0v) is 9.55. The van der Waals surface area contributed by atoms with Crippen molar-refractivity contribution in [2.45, 2.75) is 0 Å². The summed E-state index contributed by atoms with van der Waals surface area (Å²) in [7, 11) is 0. The Morgan fingerprint density at radius 1 is 0.789 bits per heavy atom. The number of benzene rings is 2. The SMILES string of the molecule is O=[N+]([O-])c1cccc(Oc2cccc([N+](=O)[O-])c2)c1. The first-order valence-electron chi connectivity index (χ1n) is 5.23. The molecule has 7 heteroatoms. The van der Waals surface area contributed by atoms with Gasteiger partial charge in [0.05, 0.1) is 22.0 Å². The Morgan fingerprint density at radius 2 is 1.21 bits per heavy atom. The van der Waals surface area contributed by atoms with Crippen molar-refractivity contribution in [3.63, 3.8) is 0 Å². The molecule has 0 fully saturated rings. The quantitative estimate of drug-likeness (QED) is 0.620. The molecule has 2 rings (SSSR count). The molecule has 0 N–H and O–H groups in total. The van der Waals surface area contributed by atoms with Crippen molar-refractivity contribution in [1.82, 2.24) is 0 Å². The molecule has 0 aromatic heterocycles. The van der Waals surface area contributed by atoms with Crippen molar-refractivity contribution >= 4 is 11.4 Å². The predicted molar refractivity (Wildman–Crippen MR) is 66.3 cm³/mol. The first kappa shape index (κ1) is 12.5. The number of hydrogen-bond acceptors (Lipinski definition) is 5. The molecule has 0 amide bonds. The van der Waals surface area contributed by atoms with Crippen LogP contribution in [-0.4, -0.2) is 9.85 Å². The monoisotopic (exact) mass is 260 g/mol. The average molecular weight is 260 g/mol. The van der Waals surface area contributed by atoms with Gasteiger partial charge in [-0.3, -0.25) is 20.2 Å². The van der Waals surface area contributed by atoms with E-state index in [4.69, 9.17) is 4.74 Å². The van der Waals surface area contributed by atoms with Crippen LogP contribution in [0, 0.1) is 20.2 Å². The van der Waals surface area contributed by atoms with Crippen LogP contribution in [0.4, 0.5) is 11.4 Å². The highest BCUT2D eigenvalue weighted by atomic mass is 16.6. The lowest BCUT2D eigenvalue weighted by Gasteiger charge is -2.04. The maximum Gasteiger partial charge on any atom is 0.273 e. The molecule has 0 saturated heterocycles. The highest BCUT2D eigenvalue weighted by molar-refractivity contribution is 5.43. The summed E-state index contributed by atoms with van der Waals surface area (Å²) >= 11 is 0. The minimum atomic E-state index is -0.541. The summed E-state index contributed by atoms with van der Waals surface area (Å²) in [5.41, 5.74) is -0.217. The van der Waals surface area contributed by atoms with Gasteiger partial charge in [0.25, 0.3) is 11.4 Å². The largest absolute Gasteiger partial charge is 0.457 e. The van der Waals surface area contributed by atoms with Gasteiger partial charge in [-0.25, -0.2) is 0 Å². The molecule has 0 aliphatic carbocycles. The van der Waals surface area contributed by atoms with Crippen LogP contribution in [0.2, 0.25) is 0 Å². The molecule has 2 aromatic carbocycles. The molecule has 19 heavy (non-hydrogen) atoms. The Kier molecular flexibility index (Phi) is 3.37. The van der Waals surface area contributed by atoms with Crippen LogP contribution in [0.3, 0.4) is 0 Å². The third-order valence-electron chi connectivity index (χ3n) is 2.29. The third-order valence-corrected chi connectivity index (χ3v) is 2.29. The lowest BCUT2D eigenvalue weighted by Crippen LogP contribution is -1.91. The van der Waals surface area contributed by atoms with Crippen LogP contribution in [0.25, 0.3) is 0 Å². The number of hydrogen-bond donors (Lipinski definition) is 0. The second-order valence-corrected chi connectivity index (χ2v) is 3.61. The second-order valence-electron chi connectivity index (χ2n) is 3.61. The van der Waals surface area contributed by atoms with Crippen LogP contribution in [0.5, 0.6) is 11.5 Å². The van der Waals surface area contributed by atoms with Gasteiger partial charge >= 0.3 is 0 Å². The Hall–Kier alpha value is -2.96. The van der Waals surface area contributed by atoms with Gasteiger partial charge in [-0.05, 0) is 12.1 Å². The number of nitro groups is 2. The molecule has 96 valence electrons. The zero-order valence-electron chi connectivity index (χ0n) is 9.55. The first-order valence-corrected chi connectivity index (χ1v) is 5.23. The fraction of sp³-hybridized carbons (Fsp3) is 0. The van der Waals surface area contributed by atoms with E-state index in [9.17, 15) is 20.2 Å². The summed E-state index contributed by atoms with van der Waals surface area (Å²) in [6.45, 7) is 0. The Morgan fingerprint density at radius 3 is 1.58 bits per heavy atom. The van der Waals surface area contributed by atoms with Gasteiger partial charge in [0.1, 0.15) is 11.5 Å². The minimum Gasteiger partial charge on any atom is -0.457 e. The van der Waals surface area contributed by atoms with Gasteiger partial charge in [-0.1, -0.05) is 12.1 Å². The first-order chi connectivity index (χ1) is 9.06. The van der Waals surface area contributed by atoms with Crippen LogP contribution in [-0.2, 0) is 0 Å². The molecular weight excluding hydrogens is 252 g/mol. The fourth-order valence-corrected chi connectivity index (χ4v) is 1.46. The number of non-ortho nitro benzene ring substituents is 2. The van der Waals surface area contributed by atoms with Crippen molar-refractivity contribution in [1.29, 1.82) is 0 Å². The molecule has 7 nitrogen and oxygen atoms in total. The van der Waals surface area contributed by atoms with E-state index >= 15 is 0 Å². The van der Waals surface area contributed by atoms with E-state index in [1.807, 2.05) is 0 Å². The lowest BCUT2D eigenvalue weighted by molar-refractivity contribution is -0.384.